The lowest BCUT2D eigenvalue weighted by molar-refractivity contribution is -0.140. The number of hydrogen-bond donors (Lipinski definition) is 1. The highest BCUT2D eigenvalue weighted by Crippen LogP contribution is 2.29. The fourth-order valence-electron chi connectivity index (χ4n) is 4.55. The lowest BCUT2D eigenvalue weighted by Gasteiger charge is -2.34. The summed E-state index contributed by atoms with van der Waals surface area (Å²) in [5, 5.41) is 2.95. The van der Waals surface area contributed by atoms with Crippen LogP contribution in [0.1, 0.15) is 49.8 Å². The first-order valence-electron chi connectivity index (χ1n) is 13.4. The molecule has 3 aromatic rings. The maximum absolute atomic E-state index is 14.2. The molecule has 7 nitrogen and oxygen atoms in total. The Kier molecular flexibility index (Phi) is 11.3. The third-order valence-corrected chi connectivity index (χ3v) is 8.19. The maximum atomic E-state index is 14.2. The normalized spacial score (nSPS) is 12.2. The number of nitrogens with zero attached hydrogens (tertiary/aromatic N) is 2. The number of nitrogens with one attached hydrogen (secondary N) is 1. The average molecular weight is 629 g/mol. The number of halogens is 1. The van der Waals surface area contributed by atoms with Crippen LogP contribution < -0.4 is 9.62 Å². The van der Waals surface area contributed by atoms with Gasteiger partial charge in [0.1, 0.15) is 12.6 Å². The number of para-hydroxylation sites is 1. The van der Waals surface area contributed by atoms with Gasteiger partial charge < -0.3 is 10.2 Å². The van der Waals surface area contributed by atoms with Gasteiger partial charge in [0.2, 0.25) is 21.8 Å². The van der Waals surface area contributed by atoms with Crippen LogP contribution in [0.4, 0.5) is 5.69 Å². The van der Waals surface area contributed by atoms with Crippen molar-refractivity contribution in [1.82, 2.24) is 10.2 Å². The van der Waals surface area contributed by atoms with Crippen LogP contribution in [0.3, 0.4) is 0 Å². The molecule has 1 N–H and O–H groups in total. The summed E-state index contributed by atoms with van der Waals surface area (Å²) in [6.45, 7) is 6.11. The Morgan fingerprint density at radius 1 is 0.925 bits per heavy atom. The van der Waals surface area contributed by atoms with Crippen molar-refractivity contribution in [1.29, 1.82) is 0 Å². The first kappa shape index (κ1) is 31.4. The van der Waals surface area contributed by atoms with Gasteiger partial charge in [0.15, 0.2) is 0 Å². The zero-order valence-corrected chi connectivity index (χ0v) is 25.9. The van der Waals surface area contributed by atoms with Crippen LogP contribution in [0.25, 0.3) is 0 Å². The summed E-state index contributed by atoms with van der Waals surface area (Å²) >= 11 is 3.49. The molecule has 40 heavy (non-hydrogen) atoms. The van der Waals surface area contributed by atoms with Gasteiger partial charge in [0, 0.05) is 24.0 Å². The minimum atomic E-state index is -3.82. The van der Waals surface area contributed by atoms with E-state index in [1.807, 2.05) is 87.5 Å². The molecular formula is C31H38BrN3O4S. The Balaban J connectivity index is 2.08. The summed E-state index contributed by atoms with van der Waals surface area (Å²) in [4.78, 5) is 29.3. The Labute approximate surface area is 246 Å². The van der Waals surface area contributed by atoms with Crippen molar-refractivity contribution >= 4 is 43.5 Å². The minimum absolute atomic E-state index is 0.0407. The van der Waals surface area contributed by atoms with E-state index >= 15 is 0 Å². The zero-order chi connectivity index (χ0) is 29.3. The first-order valence-corrected chi connectivity index (χ1v) is 16.1. The highest BCUT2D eigenvalue weighted by molar-refractivity contribution is 9.10. The summed E-state index contributed by atoms with van der Waals surface area (Å²) in [6.07, 6.45) is 2.14. The molecule has 0 fully saturated rings. The van der Waals surface area contributed by atoms with Crippen LogP contribution >= 0.6 is 15.9 Å². The van der Waals surface area contributed by atoms with Crippen molar-refractivity contribution in [3.63, 3.8) is 0 Å². The van der Waals surface area contributed by atoms with Crippen LogP contribution in [0.15, 0.2) is 83.3 Å². The van der Waals surface area contributed by atoms with Gasteiger partial charge in [-0.05, 0) is 47.2 Å². The Hall–Kier alpha value is -3.17. The fraction of sp³-hybridized carbons (Fsp3) is 0.355. The Morgan fingerprint density at radius 2 is 1.57 bits per heavy atom. The molecule has 0 heterocycles. The minimum Gasteiger partial charge on any atom is -0.354 e. The number of benzene rings is 3. The summed E-state index contributed by atoms with van der Waals surface area (Å²) in [5.41, 5.74) is 3.00. The fourth-order valence-corrected chi connectivity index (χ4v) is 5.86. The van der Waals surface area contributed by atoms with Crippen molar-refractivity contribution in [3.05, 3.63) is 100 Å². The SMILES string of the molecule is CCCNC(=O)C(Cc1ccccc1)N(Cc1cccc(Br)c1)C(=O)CN(c1ccccc1C(C)C)S(C)(=O)=O. The second-order valence-corrected chi connectivity index (χ2v) is 13.0. The topological polar surface area (TPSA) is 86.8 Å². The van der Waals surface area contributed by atoms with Crippen molar-refractivity contribution < 1.29 is 18.0 Å². The third kappa shape index (κ3) is 8.66. The van der Waals surface area contributed by atoms with E-state index < -0.39 is 28.5 Å². The molecular weight excluding hydrogens is 590 g/mol. The number of hydrogen-bond acceptors (Lipinski definition) is 4. The molecule has 0 saturated heterocycles. The summed E-state index contributed by atoms with van der Waals surface area (Å²) < 4.78 is 28.1. The molecule has 214 valence electrons. The molecule has 0 saturated carbocycles. The van der Waals surface area contributed by atoms with Gasteiger partial charge in [0.25, 0.3) is 0 Å². The number of rotatable bonds is 13. The number of sulfonamides is 1. The number of amides is 2. The lowest BCUT2D eigenvalue weighted by Crippen LogP contribution is -2.53. The number of carbonyl (C=O) groups is 2. The smallest absolute Gasteiger partial charge is 0.244 e. The second kappa shape index (κ2) is 14.5. The van der Waals surface area contributed by atoms with E-state index in [1.54, 1.807) is 12.1 Å². The molecule has 3 aromatic carbocycles. The van der Waals surface area contributed by atoms with Crippen LogP contribution in [-0.4, -0.2) is 50.5 Å². The second-order valence-electron chi connectivity index (χ2n) is 10.1. The predicted octanol–water partition coefficient (Wildman–Crippen LogP) is 5.50. The van der Waals surface area contributed by atoms with Crippen molar-refractivity contribution in [2.75, 3.05) is 23.7 Å². The van der Waals surface area contributed by atoms with Crippen LogP contribution in [0.5, 0.6) is 0 Å². The van der Waals surface area contributed by atoms with Gasteiger partial charge in [-0.2, -0.15) is 0 Å². The molecule has 0 bridgehead atoms. The molecule has 0 spiro atoms. The highest BCUT2D eigenvalue weighted by atomic mass is 79.9. The quantitative estimate of drug-likeness (QED) is 0.271. The van der Waals surface area contributed by atoms with Gasteiger partial charge in [-0.15, -0.1) is 0 Å². The van der Waals surface area contributed by atoms with E-state index in [0.717, 1.165) is 38.1 Å². The molecule has 9 heteroatoms. The maximum Gasteiger partial charge on any atom is 0.244 e. The van der Waals surface area contributed by atoms with Gasteiger partial charge >= 0.3 is 0 Å². The molecule has 1 atom stereocenters. The third-order valence-electron chi connectivity index (χ3n) is 6.57. The van der Waals surface area contributed by atoms with Gasteiger partial charge in [0.05, 0.1) is 11.9 Å². The van der Waals surface area contributed by atoms with Gasteiger partial charge in [-0.1, -0.05) is 97.4 Å². The Morgan fingerprint density at radius 3 is 2.20 bits per heavy atom. The monoisotopic (exact) mass is 627 g/mol. The number of anilines is 1. The zero-order valence-electron chi connectivity index (χ0n) is 23.5. The van der Waals surface area contributed by atoms with E-state index in [-0.39, 0.29) is 24.8 Å². The van der Waals surface area contributed by atoms with Crippen LogP contribution in [0, 0.1) is 0 Å². The first-order chi connectivity index (χ1) is 19.0. The molecule has 0 radical (unpaired) electrons. The predicted molar refractivity (Wildman–Crippen MR) is 165 cm³/mol. The standard InChI is InChI=1S/C31H38BrN3O4S/c1-5-18-33-31(37)29(20-24-12-7-6-8-13-24)34(21-25-14-11-15-26(32)19-25)30(36)22-35(40(4,38)39)28-17-10-9-16-27(28)23(2)3/h6-17,19,23,29H,5,18,20-22H2,1-4H3,(H,33,37). The molecule has 0 aromatic heterocycles. The summed E-state index contributed by atoms with van der Waals surface area (Å²) in [5.74, 6) is -0.696. The van der Waals surface area contributed by atoms with Crippen LogP contribution in [0.2, 0.25) is 0 Å². The molecule has 3 rings (SSSR count). The van der Waals surface area contributed by atoms with E-state index in [4.69, 9.17) is 0 Å². The van der Waals surface area contributed by atoms with Crippen LogP contribution in [-0.2, 0) is 32.6 Å². The van der Waals surface area contributed by atoms with E-state index in [9.17, 15) is 18.0 Å². The van der Waals surface area contributed by atoms with Crippen molar-refractivity contribution in [2.45, 2.75) is 52.1 Å². The molecule has 2 amide bonds. The van der Waals surface area contributed by atoms with Crippen molar-refractivity contribution in [2.24, 2.45) is 0 Å². The highest BCUT2D eigenvalue weighted by Gasteiger charge is 2.33. The van der Waals surface area contributed by atoms with Crippen molar-refractivity contribution in [3.8, 4) is 0 Å². The largest absolute Gasteiger partial charge is 0.354 e. The summed E-state index contributed by atoms with van der Waals surface area (Å²) in [6, 6.07) is 23.4. The molecule has 0 aliphatic rings. The molecule has 0 aliphatic carbocycles. The molecule has 0 aliphatic heterocycles. The average Bonchev–Trinajstić information content (AvgIpc) is 2.92. The lowest BCUT2D eigenvalue weighted by atomic mass is 10.0. The van der Waals surface area contributed by atoms with Gasteiger partial charge in [-0.25, -0.2) is 8.42 Å². The molecule has 1 unspecified atom stereocenters. The van der Waals surface area contributed by atoms with E-state index in [0.29, 0.717) is 12.2 Å². The summed E-state index contributed by atoms with van der Waals surface area (Å²) in [7, 11) is -3.82. The van der Waals surface area contributed by atoms with E-state index in [2.05, 4.69) is 21.2 Å². The van der Waals surface area contributed by atoms with E-state index in [1.165, 1.54) is 4.90 Å². The Bertz CT molecular complexity index is 1400. The number of carbonyl (C=O) groups excluding carboxylic acids is 2. The van der Waals surface area contributed by atoms with Gasteiger partial charge in [-0.3, -0.25) is 13.9 Å².